The number of rotatable bonds is 1. The highest BCUT2D eigenvalue weighted by Crippen LogP contribution is 2.22. The summed E-state index contributed by atoms with van der Waals surface area (Å²) in [5.74, 6) is 0.568. The van der Waals surface area contributed by atoms with Crippen LogP contribution >= 0.6 is 11.6 Å². The number of piperidine rings is 1. The van der Waals surface area contributed by atoms with E-state index in [1.54, 1.807) is 0 Å². The van der Waals surface area contributed by atoms with E-state index in [4.69, 9.17) is 11.6 Å². The summed E-state index contributed by atoms with van der Waals surface area (Å²) in [6, 6.07) is 1.92. The van der Waals surface area contributed by atoms with Gasteiger partial charge in [0.25, 0.3) is 0 Å². The van der Waals surface area contributed by atoms with Gasteiger partial charge in [0.05, 0.1) is 0 Å². The average molecular weight is 186 g/mol. The third-order valence-electron chi connectivity index (χ3n) is 2.30. The molecule has 1 aromatic rings. The van der Waals surface area contributed by atoms with Gasteiger partial charge in [-0.25, -0.2) is 0 Å². The zero-order valence-corrected chi connectivity index (χ0v) is 7.56. The molecule has 66 valence electrons. The van der Waals surface area contributed by atoms with Crippen molar-refractivity contribution in [3.63, 3.8) is 0 Å². The molecule has 0 radical (unpaired) electrons. The SMILES string of the molecule is Clc1cc(C2CCCNC2)[nH]n1. The molecule has 2 N–H and O–H groups in total. The van der Waals surface area contributed by atoms with Gasteiger partial charge in [-0.1, -0.05) is 11.6 Å². The van der Waals surface area contributed by atoms with Crippen molar-refractivity contribution in [2.45, 2.75) is 18.8 Å². The molecule has 0 bridgehead atoms. The zero-order chi connectivity index (χ0) is 8.39. The number of aromatic nitrogens is 2. The molecule has 3 nitrogen and oxygen atoms in total. The van der Waals surface area contributed by atoms with Crippen LogP contribution in [0.4, 0.5) is 0 Å². The second-order valence-corrected chi connectivity index (χ2v) is 3.58. The predicted octanol–water partition coefficient (Wildman–Crippen LogP) is 1.53. The summed E-state index contributed by atoms with van der Waals surface area (Å²) in [4.78, 5) is 0. The van der Waals surface area contributed by atoms with Crippen molar-refractivity contribution in [1.29, 1.82) is 0 Å². The van der Waals surface area contributed by atoms with Crippen molar-refractivity contribution in [2.75, 3.05) is 13.1 Å². The number of nitrogens with one attached hydrogen (secondary N) is 2. The first-order chi connectivity index (χ1) is 5.86. The minimum Gasteiger partial charge on any atom is -0.316 e. The Morgan fingerprint density at radius 3 is 3.08 bits per heavy atom. The average Bonchev–Trinajstić information content (AvgIpc) is 2.54. The van der Waals surface area contributed by atoms with Crippen LogP contribution in [0.15, 0.2) is 6.07 Å². The van der Waals surface area contributed by atoms with Gasteiger partial charge in [-0.05, 0) is 25.5 Å². The third kappa shape index (κ3) is 1.62. The van der Waals surface area contributed by atoms with Crippen LogP contribution in [0.1, 0.15) is 24.5 Å². The lowest BCUT2D eigenvalue weighted by atomic mass is 9.96. The lowest BCUT2D eigenvalue weighted by Crippen LogP contribution is -2.28. The van der Waals surface area contributed by atoms with Crippen LogP contribution in [-0.4, -0.2) is 23.3 Å². The van der Waals surface area contributed by atoms with Gasteiger partial charge in [0.2, 0.25) is 0 Å². The van der Waals surface area contributed by atoms with Gasteiger partial charge < -0.3 is 5.32 Å². The van der Waals surface area contributed by atoms with Crippen LogP contribution in [-0.2, 0) is 0 Å². The number of hydrogen-bond donors (Lipinski definition) is 2. The lowest BCUT2D eigenvalue weighted by Gasteiger charge is -2.20. The van der Waals surface area contributed by atoms with Crippen LogP contribution in [0.25, 0.3) is 0 Å². The smallest absolute Gasteiger partial charge is 0.151 e. The van der Waals surface area contributed by atoms with E-state index in [0.29, 0.717) is 11.1 Å². The fraction of sp³-hybridized carbons (Fsp3) is 0.625. The van der Waals surface area contributed by atoms with Crippen molar-refractivity contribution in [1.82, 2.24) is 15.5 Å². The second-order valence-electron chi connectivity index (χ2n) is 3.19. The second kappa shape index (κ2) is 3.46. The van der Waals surface area contributed by atoms with Crippen molar-refractivity contribution in [3.05, 3.63) is 16.9 Å². The minimum atomic E-state index is 0.565. The van der Waals surface area contributed by atoms with Crippen molar-refractivity contribution >= 4 is 11.6 Å². The van der Waals surface area contributed by atoms with E-state index in [2.05, 4.69) is 15.5 Å². The summed E-state index contributed by atoms with van der Waals surface area (Å²) in [5.41, 5.74) is 1.16. The highest BCUT2D eigenvalue weighted by Gasteiger charge is 2.16. The van der Waals surface area contributed by atoms with Gasteiger partial charge in [-0.15, -0.1) is 0 Å². The van der Waals surface area contributed by atoms with Gasteiger partial charge in [-0.3, -0.25) is 5.10 Å². The van der Waals surface area contributed by atoms with Gasteiger partial charge in [-0.2, -0.15) is 5.10 Å². The maximum absolute atomic E-state index is 5.72. The van der Waals surface area contributed by atoms with Crippen molar-refractivity contribution in [2.24, 2.45) is 0 Å². The Morgan fingerprint density at radius 1 is 1.58 bits per heavy atom. The maximum Gasteiger partial charge on any atom is 0.151 e. The highest BCUT2D eigenvalue weighted by molar-refractivity contribution is 6.29. The fourth-order valence-corrected chi connectivity index (χ4v) is 1.80. The molecule has 4 heteroatoms. The Morgan fingerprint density at radius 2 is 2.50 bits per heavy atom. The molecule has 2 heterocycles. The summed E-state index contributed by atoms with van der Waals surface area (Å²) < 4.78 is 0. The molecule has 2 rings (SSSR count). The molecule has 1 aromatic heterocycles. The Balaban J connectivity index is 2.08. The number of H-pyrrole nitrogens is 1. The van der Waals surface area contributed by atoms with E-state index in [0.717, 1.165) is 18.8 Å². The molecule has 1 atom stereocenters. The molecule has 1 fully saturated rings. The zero-order valence-electron chi connectivity index (χ0n) is 6.81. The van der Waals surface area contributed by atoms with Gasteiger partial charge in [0, 0.05) is 18.2 Å². The van der Waals surface area contributed by atoms with E-state index < -0.39 is 0 Å². The van der Waals surface area contributed by atoms with Crippen LogP contribution in [0, 0.1) is 0 Å². The first-order valence-corrected chi connectivity index (χ1v) is 4.65. The van der Waals surface area contributed by atoms with E-state index in [9.17, 15) is 0 Å². The molecule has 1 saturated heterocycles. The highest BCUT2D eigenvalue weighted by atomic mass is 35.5. The normalized spacial score (nSPS) is 24.2. The number of hydrogen-bond acceptors (Lipinski definition) is 2. The maximum atomic E-state index is 5.72. The fourth-order valence-electron chi connectivity index (χ4n) is 1.64. The van der Waals surface area contributed by atoms with E-state index in [1.807, 2.05) is 6.07 Å². The van der Waals surface area contributed by atoms with Gasteiger partial charge in [0.1, 0.15) is 0 Å². The summed E-state index contributed by atoms with van der Waals surface area (Å²) in [6.45, 7) is 2.18. The molecule has 0 aliphatic carbocycles. The summed E-state index contributed by atoms with van der Waals surface area (Å²) >= 11 is 5.72. The lowest BCUT2D eigenvalue weighted by molar-refractivity contribution is 0.454. The molecule has 0 saturated carbocycles. The first-order valence-electron chi connectivity index (χ1n) is 4.28. The van der Waals surface area contributed by atoms with Crippen LogP contribution in [0.5, 0.6) is 0 Å². The van der Waals surface area contributed by atoms with Crippen LogP contribution in [0.2, 0.25) is 5.15 Å². The molecule has 1 aliphatic heterocycles. The molecule has 1 unspecified atom stereocenters. The number of nitrogens with zero attached hydrogens (tertiary/aromatic N) is 1. The Bertz CT molecular complexity index is 253. The van der Waals surface area contributed by atoms with Crippen LogP contribution in [0.3, 0.4) is 0 Å². The molecular weight excluding hydrogens is 174 g/mol. The van der Waals surface area contributed by atoms with E-state index in [-0.39, 0.29) is 0 Å². The largest absolute Gasteiger partial charge is 0.316 e. The molecule has 1 aliphatic rings. The van der Waals surface area contributed by atoms with Crippen LogP contribution < -0.4 is 5.32 Å². The Kier molecular flexibility index (Phi) is 2.33. The predicted molar refractivity (Wildman–Crippen MR) is 48.4 cm³/mol. The monoisotopic (exact) mass is 185 g/mol. The molecule has 0 spiro atoms. The van der Waals surface area contributed by atoms with Crippen molar-refractivity contribution in [3.8, 4) is 0 Å². The van der Waals surface area contributed by atoms with Gasteiger partial charge >= 0.3 is 0 Å². The van der Waals surface area contributed by atoms with E-state index >= 15 is 0 Å². The molecular formula is C8H12ClN3. The Labute approximate surface area is 76.5 Å². The summed E-state index contributed by atoms with van der Waals surface area (Å²) in [7, 11) is 0. The Hall–Kier alpha value is -0.540. The van der Waals surface area contributed by atoms with E-state index in [1.165, 1.54) is 12.8 Å². The topological polar surface area (TPSA) is 40.7 Å². The quantitative estimate of drug-likeness (QED) is 0.697. The third-order valence-corrected chi connectivity index (χ3v) is 2.50. The number of aromatic amines is 1. The van der Waals surface area contributed by atoms with Gasteiger partial charge in [0.15, 0.2) is 5.15 Å². The molecule has 12 heavy (non-hydrogen) atoms. The first kappa shape index (κ1) is 8.08. The number of halogens is 1. The standard InChI is InChI=1S/C8H12ClN3/c9-8-4-7(11-12-8)6-2-1-3-10-5-6/h4,6,10H,1-3,5H2,(H,11,12). The minimum absolute atomic E-state index is 0.565. The molecule has 0 aromatic carbocycles. The van der Waals surface area contributed by atoms with Crippen molar-refractivity contribution < 1.29 is 0 Å². The molecule has 0 amide bonds. The summed E-state index contributed by atoms with van der Waals surface area (Å²) in [6.07, 6.45) is 2.47. The summed E-state index contributed by atoms with van der Waals surface area (Å²) in [5, 5.41) is 10.8.